The van der Waals surface area contributed by atoms with Crippen molar-refractivity contribution < 1.29 is 8.42 Å². The van der Waals surface area contributed by atoms with Crippen molar-refractivity contribution in [2.24, 2.45) is 0 Å². The van der Waals surface area contributed by atoms with E-state index in [1.54, 1.807) is 18.2 Å². The van der Waals surface area contributed by atoms with E-state index in [1.807, 2.05) is 18.2 Å². The van der Waals surface area contributed by atoms with Crippen molar-refractivity contribution in [3.8, 4) is 0 Å². The summed E-state index contributed by atoms with van der Waals surface area (Å²) in [7, 11) is -3.45. The van der Waals surface area contributed by atoms with Gasteiger partial charge in [0.2, 0.25) is 10.0 Å². The highest BCUT2D eigenvalue weighted by Gasteiger charge is 2.28. The minimum atomic E-state index is -3.45. The average molecular weight is 262 g/mol. The Morgan fingerprint density at radius 2 is 1.72 bits per heavy atom. The molecular formula is C13H14N2O2S. The van der Waals surface area contributed by atoms with Crippen LogP contribution in [0.5, 0.6) is 0 Å². The van der Waals surface area contributed by atoms with Gasteiger partial charge in [-0.05, 0) is 25.0 Å². The van der Waals surface area contributed by atoms with Crippen LogP contribution < -0.4 is 10.5 Å². The van der Waals surface area contributed by atoms with Crippen LogP contribution in [0.1, 0.15) is 12.8 Å². The zero-order valence-corrected chi connectivity index (χ0v) is 10.6. The molecule has 18 heavy (non-hydrogen) atoms. The van der Waals surface area contributed by atoms with Gasteiger partial charge in [-0.3, -0.25) is 0 Å². The maximum Gasteiger partial charge on any atom is 0.241 e. The first-order chi connectivity index (χ1) is 8.58. The minimum absolute atomic E-state index is 0.103. The Hall–Kier alpha value is -1.59. The van der Waals surface area contributed by atoms with Gasteiger partial charge in [-0.1, -0.05) is 24.3 Å². The van der Waals surface area contributed by atoms with Crippen LogP contribution in [-0.2, 0) is 10.0 Å². The molecule has 1 fully saturated rings. The van der Waals surface area contributed by atoms with Crippen molar-refractivity contribution in [1.82, 2.24) is 4.72 Å². The number of anilines is 1. The van der Waals surface area contributed by atoms with E-state index in [4.69, 9.17) is 5.73 Å². The number of fused-ring (bicyclic) bond motifs is 1. The van der Waals surface area contributed by atoms with E-state index >= 15 is 0 Å². The molecule has 0 radical (unpaired) electrons. The third-order valence-electron chi connectivity index (χ3n) is 3.11. The highest BCUT2D eigenvalue weighted by atomic mass is 32.2. The molecule has 2 aromatic rings. The van der Waals surface area contributed by atoms with E-state index in [0.717, 1.165) is 18.2 Å². The molecule has 94 valence electrons. The highest BCUT2D eigenvalue weighted by Crippen LogP contribution is 2.29. The quantitative estimate of drug-likeness (QED) is 0.829. The summed E-state index contributed by atoms with van der Waals surface area (Å²) >= 11 is 0. The van der Waals surface area contributed by atoms with Crippen molar-refractivity contribution >= 4 is 26.5 Å². The SMILES string of the molecule is Nc1ccc(S(=O)(=O)NC2CC2)c2ccccc12. The molecule has 4 nitrogen and oxygen atoms in total. The molecular weight excluding hydrogens is 248 g/mol. The predicted molar refractivity (Wildman–Crippen MR) is 71.7 cm³/mol. The number of nitrogens with one attached hydrogen (secondary N) is 1. The normalized spacial score (nSPS) is 16.0. The first kappa shape index (κ1) is 11.5. The Morgan fingerprint density at radius 1 is 1.06 bits per heavy atom. The van der Waals surface area contributed by atoms with Crippen LogP contribution in [-0.4, -0.2) is 14.5 Å². The second-order valence-corrected chi connectivity index (χ2v) is 6.28. The van der Waals surface area contributed by atoms with Crippen LogP contribution in [0.3, 0.4) is 0 Å². The lowest BCUT2D eigenvalue weighted by atomic mass is 10.1. The summed E-state index contributed by atoms with van der Waals surface area (Å²) in [5.41, 5.74) is 6.46. The third kappa shape index (κ3) is 1.95. The van der Waals surface area contributed by atoms with Crippen molar-refractivity contribution in [3.05, 3.63) is 36.4 Å². The summed E-state index contributed by atoms with van der Waals surface area (Å²) in [6.07, 6.45) is 1.85. The van der Waals surface area contributed by atoms with Gasteiger partial charge in [-0.2, -0.15) is 0 Å². The Kier molecular flexibility index (Phi) is 2.53. The summed E-state index contributed by atoms with van der Waals surface area (Å²) in [6.45, 7) is 0. The summed E-state index contributed by atoms with van der Waals surface area (Å²) in [6, 6.07) is 10.6. The van der Waals surface area contributed by atoms with Crippen LogP contribution in [0.25, 0.3) is 10.8 Å². The largest absolute Gasteiger partial charge is 0.398 e. The Morgan fingerprint density at radius 3 is 2.39 bits per heavy atom. The smallest absolute Gasteiger partial charge is 0.241 e. The molecule has 3 N–H and O–H groups in total. The van der Waals surface area contributed by atoms with Crippen LogP contribution in [0.4, 0.5) is 5.69 Å². The van der Waals surface area contributed by atoms with Crippen molar-refractivity contribution in [3.63, 3.8) is 0 Å². The second kappa shape index (κ2) is 3.96. The van der Waals surface area contributed by atoms with Crippen LogP contribution >= 0.6 is 0 Å². The minimum Gasteiger partial charge on any atom is -0.398 e. The molecule has 0 bridgehead atoms. The Bertz CT molecular complexity index is 706. The molecule has 0 saturated heterocycles. The van der Waals surface area contributed by atoms with E-state index < -0.39 is 10.0 Å². The lowest BCUT2D eigenvalue weighted by Crippen LogP contribution is -2.25. The van der Waals surface area contributed by atoms with Gasteiger partial charge in [0.05, 0.1) is 4.90 Å². The maximum atomic E-state index is 12.3. The molecule has 1 aliphatic carbocycles. The van der Waals surface area contributed by atoms with Crippen LogP contribution in [0.15, 0.2) is 41.3 Å². The number of nitrogens with two attached hydrogens (primary N) is 1. The molecule has 0 unspecified atom stereocenters. The summed E-state index contributed by atoms with van der Waals surface area (Å²) in [4.78, 5) is 0.305. The zero-order valence-electron chi connectivity index (χ0n) is 9.76. The van der Waals surface area contributed by atoms with Crippen molar-refractivity contribution in [1.29, 1.82) is 0 Å². The standard InChI is InChI=1S/C13H14N2O2S/c14-12-7-8-13(11-4-2-1-3-10(11)12)18(16,17)15-9-5-6-9/h1-4,7-9,15H,5-6,14H2. The van der Waals surface area contributed by atoms with E-state index in [1.165, 1.54) is 0 Å². The van der Waals surface area contributed by atoms with Gasteiger partial charge in [-0.15, -0.1) is 0 Å². The zero-order chi connectivity index (χ0) is 12.8. The number of benzene rings is 2. The van der Waals surface area contributed by atoms with E-state index in [-0.39, 0.29) is 6.04 Å². The molecule has 0 spiro atoms. The monoisotopic (exact) mass is 262 g/mol. The Balaban J connectivity index is 2.20. The molecule has 0 amide bonds. The van der Waals surface area contributed by atoms with Gasteiger partial charge >= 0.3 is 0 Å². The molecule has 0 aromatic heterocycles. The van der Waals surface area contributed by atoms with Crippen LogP contribution in [0.2, 0.25) is 0 Å². The molecule has 1 saturated carbocycles. The van der Waals surface area contributed by atoms with Gasteiger partial charge < -0.3 is 5.73 Å². The topological polar surface area (TPSA) is 72.2 Å². The fourth-order valence-electron chi connectivity index (χ4n) is 2.01. The highest BCUT2D eigenvalue weighted by molar-refractivity contribution is 7.89. The summed E-state index contributed by atoms with van der Waals surface area (Å²) in [5.74, 6) is 0. The summed E-state index contributed by atoms with van der Waals surface area (Å²) in [5, 5.41) is 1.45. The Labute approximate surface area is 106 Å². The van der Waals surface area contributed by atoms with Gasteiger partial charge in [0.25, 0.3) is 0 Å². The molecule has 3 rings (SSSR count). The molecule has 0 aliphatic heterocycles. The molecule has 2 aromatic carbocycles. The molecule has 0 atom stereocenters. The first-order valence-corrected chi connectivity index (χ1v) is 7.36. The van der Waals surface area contributed by atoms with E-state index in [9.17, 15) is 8.42 Å². The fraction of sp³-hybridized carbons (Fsp3) is 0.231. The predicted octanol–water partition coefficient (Wildman–Crippen LogP) is 1.86. The van der Waals surface area contributed by atoms with Crippen molar-refractivity contribution in [2.45, 2.75) is 23.8 Å². The van der Waals surface area contributed by atoms with E-state index in [2.05, 4.69) is 4.72 Å². The number of nitrogen functional groups attached to an aromatic ring is 1. The number of rotatable bonds is 3. The maximum absolute atomic E-state index is 12.3. The number of hydrogen-bond acceptors (Lipinski definition) is 3. The van der Waals surface area contributed by atoms with E-state index in [0.29, 0.717) is 16.0 Å². The van der Waals surface area contributed by atoms with Gasteiger partial charge in [0.1, 0.15) is 0 Å². The third-order valence-corrected chi connectivity index (χ3v) is 4.69. The first-order valence-electron chi connectivity index (χ1n) is 5.87. The fourth-order valence-corrected chi connectivity index (χ4v) is 3.53. The lowest BCUT2D eigenvalue weighted by Gasteiger charge is -2.10. The lowest BCUT2D eigenvalue weighted by molar-refractivity contribution is 0.582. The molecule has 5 heteroatoms. The van der Waals surface area contributed by atoms with Gasteiger partial charge in [0, 0.05) is 22.5 Å². The van der Waals surface area contributed by atoms with Gasteiger partial charge in [0.15, 0.2) is 0 Å². The second-order valence-electron chi connectivity index (χ2n) is 4.59. The number of hydrogen-bond donors (Lipinski definition) is 2. The average Bonchev–Trinajstić information content (AvgIpc) is 3.12. The molecule has 1 aliphatic rings. The van der Waals surface area contributed by atoms with Gasteiger partial charge in [-0.25, -0.2) is 13.1 Å². The van der Waals surface area contributed by atoms with Crippen LogP contribution in [0, 0.1) is 0 Å². The van der Waals surface area contributed by atoms with Crippen molar-refractivity contribution in [2.75, 3.05) is 5.73 Å². The number of sulfonamides is 1. The molecule has 0 heterocycles. The summed E-state index contributed by atoms with van der Waals surface area (Å²) < 4.78 is 27.2.